The van der Waals surface area contributed by atoms with Gasteiger partial charge in [0, 0.05) is 18.7 Å². The van der Waals surface area contributed by atoms with Crippen molar-refractivity contribution in [1.29, 1.82) is 0 Å². The number of likely N-dealkylation sites (tertiary alicyclic amines) is 1. The first-order valence-corrected chi connectivity index (χ1v) is 9.96. The van der Waals surface area contributed by atoms with Crippen LogP contribution in [-0.2, 0) is 6.54 Å². The molecule has 27 heavy (non-hydrogen) atoms. The molecular weight excluding hydrogens is 360 g/mol. The Bertz CT molecular complexity index is 748. The number of para-hydroxylation sites is 1. The van der Waals surface area contributed by atoms with E-state index in [-0.39, 0.29) is 5.91 Å². The number of amides is 1. The van der Waals surface area contributed by atoms with Gasteiger partial charge in [-0.2, -0.15) is 0 Å². The van der Waals surface area contributed by atoms with E-state index in [0.29, 0.717) is 29.5 Å². The van der Waals surface area contributed by atoms with Gasteiger partial charge in [-0.3, -0.25) is 9.69 Å². The molecule has 144 valence electrons. The van der Waals surface area contributed by atoms with Gasteiger partial charge in [-0.05, 0) is 55.1 Å². The maximum atomic E-state index is 12.3. The van der Waals surface area contributed by atoms with Gasteiger partial charge in [0.25, 0.3) is 5.91 Å². The summed E-state index contributed by atoms with van der Waals surface area (Å²) < 4.78 is 5.58. The third kappa shape index (κ3) is 5.98. The minimum absolute atomic E-state index is 0.0871. The largest absolute Gasteiger partial charge is 0.490 e. The van der Waals surface area contributed by atoms with Gasteiger partial charge in [-0.1, -0.05) is 42.8 Å². The number of nitrogens with one attached hydrogen (secondary N) is 1. The molecular formula is C22H27ClN2O2. The molecule has 1 aliphatic heterocycles. The first-order chi connectivity index (χ1) is 13.1. The lowest BCUT2D eigenvalue weighted by atomic mass is 9.99. The minimum Gasteiger partial charge on any atom is -0.490 e. The summed E-state index contributed by atoms with van der Waals surface area (Å²) >= 11 is 6.04. The Kier molecular flexibility index (Phi) is 7.13. The number of rotatable bonds is 7. The molecule has 2 aromatic carbocycles. The predicted molar refractivity (Wildman–Crippen MR) is 109 cm³/mol. The Morgan fingerprint density at radius 3 is 2.74 bits per heavy atom. The second kappa shape index (κ2) is 9.77. The van der Waals surface area contributed by atoms with Crippen molar-refractivity contribution in [3.05, 3.63) is 64.7 Å². The highest BCUT2D eigenvalue weighted by Gasteiger charge is 2.16. The van der Waals surface area contributed by atoms with Gasteiger partial charge in [0.2, 0.25) is 0 Å². The zero-order chi connectivity index (χ0) is 19.1. The van der Waals surface area contributed by atoms with Crippen LogP contribution in [-0.4, -0.2) is 37.0 Å². The van der Waals surface area contributed by atoms with E-state index in [1.54, 1.807) is 6.07 Å². The zero-order valence-corrected chi connectivity index (χ0v) is 16.5. The number of piperidine rings is 1. The molecule has 0 unspecified atom stereocenters. The van der Waals surface area contributed by atoms with Crippen LogP contribution in [0.1, 0.15) is 35.7 Å². The van der Waals surface area contributed by atoms with E-state index in [9.17, 15) is 4.79 Å². The smallest absolute Gasteiger partial charge is 0.251 e. The topological polar surface area (TPSA) is 41.6 Å². The van der Waals surface area contributed by atoms with E-state index >= 15 is 0 Å². The Balaban J connectivity index is 1.42. The molecule has 4 nitrogen and oxygen atoms in total. The SMILES string of the molecule is C[C@H]1CCCN(Cc2ccc(C(=O)NCCOc3ccccc3Cl)cc2)C1. The summed E-state index contributed by atoms with van der Waals surface area (Å²) in [4.78, 5) is 14.8. The summed E-state index contributed by atoms with van der Waals surface area (Å²) in [6.45, 7) is 6.40. The maximum Gasteiger partial charge on any atom is 0.251 e. The van der Waals surface area contributed by atoms with Crippen LogP contribution in [0.15, 0.2) is 48.5 Å². The number of ether oxygens (including phenoxy) is 1. The Morgan fingerprint density at radius 2 is 2.00 bits per heavy atom. The third-order valence-corrected chi connectivity index (χ3v) is 5.16. The van der Waals surface area contributed by atoms with Gasteiger partial charge in [-0.25, -0.2) is 0 Å². The van der Waals surface area contributed by atoms with Crippen molar-refractivity contribution >= 4 is 17.5 Å². The van der Waals surface area contributed by atoms with Crippen molar-refractivity contribution in [1.82, 2.24) is 10.2 Å². The molecule has 0 aliphatic carbocycles. The standard InChI is InChI=1S/C22H27ClN2O2/c1-17-5-4-13-25(15-17)16-18-8-10-19(11-9-18)22(26)24-12-14-27-21-7-3-2-6-20(21)23/h2-3,6-11,17H,4-5,12-16H2,1H3,(H,24,26)/t17-/m0/s1. The molecule has 1 saturated heterocycles. The van der Waals surface area contributed by atoms with Crippen molar-refractivity contribution in [2.45, 2.75) is 26.3 Å². The summed E-state index contributed by atoms with van der Waals surface area (Å²) in [6, 6.07) is 15.2. The van der Waals surface area contributed by atoms with E-state index in [4.69, 9.17) is 16.3 Å². The van der Waals surface area contributed by atoms with Crippen molar-refractivity contribution in [2.24, 2.45) is 5.92 Å². The minimum atomic E-state index is -0.0871. The van der Waals surface area contributed by atoms with Crippen LogP contribution >= 0.6 is 11.6 Å². The van der Waals surface area contributed by atoms with Crippen molar-refractivity contribution in [3.63, 3.8) is 0 Å². The second-order valence-corrected chi connectivity index (χ2v) is 7.62. The van der Waals surface area contributed by atoms with Crippen LogP contribution in [0.4, 0.5) is 0 Å². The number of nitrogens with zero attached hydrogens (tertiary/aromatic N) is 1. The average molecular weight is 387 g/mol. The van der Waals surface area contributed by atoms with Crippen LogP contribution in [0, 0.1) is 5.92 Å². The number of carbonyl (C=O) groups is 1. The van der Waals surface area contributed by atoms with Crippen molar-refractivity contribution < 1.29 is 9.53 Å². The molecule has 1 N–H and O–H groups in total. The normalized spacial score (nSPS) is 17.5. The highest BCUT2D eigenvalue weighted by Crippen LogP contribution is 2.22. The van der Waals surface area contributed by atoms with Crippen LogP contribution in [0.25, 0.3) is 0 Å². The van der Waals surface area contributed by atoms with Gasteiger partial charge in [0.15, 0.2) is 0 Å². The van der Waals surface area contributed by atoms with Gasteiger partial charge in [-0.15, -0.1) is 0 Å². The van der Waals surface area contributed by atoms with Gasteiger partial charge >= 0.3 is 0 Å². The Labute approximate surface area is 166 Å². The molecule has 1 heterocycles. The number of hydrogen-bond acceptors (Lipinski definition) is 3. The van der Waals surface area contributed by atoms with E-state index in [0.717, 1.165) is 25.6 Å². The fourth-order valence-corrected chi connectivity index (χ4v) is 3.63. The highest BCUT2D eigenvalue weighted by atomic mass is 35.5. The molecule has 1 amide bonds. The number of carbonyl (C=O) groups excluding carboxylic acids is 1. The average Bonchev–Trinajstić information content (AvgIpc) is 2.67. The number of halogens is 1. The van der Waals surface area contributed by atoms with Crippen molar-refractivity contribution in [2.75, 3.05) is 26.2 Å². The van der Waals surface area contributed by atoms with Gasteiger partial charge in [0.1, 0.15) is 12.4 Å². The van der Waals surface area contributed by atoms with E-state index < -0.39 is 0 Å². The van der Waals surface area contributed by atoms with Gasteiger partial charge < -0.3 is 10.1 Å². The highest BCUT2D eigenvalue weighted by molar-refractivity contribution is 6.32. The molecule has 1 atom stereocenters. The van der Waals surface area contributed by atoms with E-state index in [1.807, 2.05) is 30.3 Å². The van der Waals surface area contributed by atoms with E-state index in [2.05, 4.69) is 29.3 Å². The molecule has 0 saturated carbocycles. The number of benzene rings is 2. The molecule has 3 rings (SSSR count). The maximum absolute atomic E-state index is 12.3. The fraction of sp³-hybridized carbons (Fsp3) is 0.409. The lowest BCUT2D eigenvalue weighted by molar-refractivity contribution is 0.0947. The lowest BCUT2D eigenvalue weighted by Gasteiger charge is -2.30. The van der Waals surface area contributed by atoms with Crippen LogP contribution < -0.4 is 10.1 Å². The van der Waals surface area contributed by atoms with Crippen molar-refractivity contribution in [3.8, 4) is 5.75 Å². The van der Waals surface area contributed by atoms with Crippen LogP contribution in [0.3, 0.4) is 0 Å². The first kappa shape index (κ1) is 19.7. The molecule has 1 fully saturated rings. The summed E-state index contributed by atoms with van der Waals surface area (Å²) in [7, 11) is 0. The molecule has 0 radical (unpaired) electrons. The summed E-state index contributed by atoms with van der Waals surface area (Å²) in [6.07, 6.45) is 2.60. The second-order valence-electron chi connectivity index (χ2n) is 7.21. The molecule has 5 heteroatoms. The summed E-state index contributed by atoms with van der Waals surface area (Å²) in [5.74, 6) is 1.32. The Hall–Kier alpha value is -2.04. The molecule has 0 spiro atoms. The van der Waals surface area contributed by atoms with E-state index in [1.165, 1.54) is 18.4 Å². The molecule has 0 bridgehead atoms. The summed E-state index contributed by atoms with van der Waals surface area (Å²) in [5.41, 5.74) is 1.92. The Morgan fingerprint density at radius 1 is 1.22 bits per heavy atom. The monoisotopic (exact) mass is 386 g/mol. The molecule has 2 aromatic rings. The third-order valence-electron chi connectivity index (χ3n) is 4.85. The first-order valence-electron chi connectivity index (χ1n) is 9.58. The van der Waals surface area contributed by atoms with Crippen LogP contribution in [0.5, 0.6) is 5.75 Å². The fourth-order valence-electron chi connectivity index (χ4n) is 3.44. The zero-order valence-electron chi connectivity index (χ0n) is 15.8. The molecule has 0 aromatic heterocycles. The quantitative estimate of drug-likeness (QED) is 0.718. The van der Waals surface area contributed by atoms with Gasteiger partial charge in [0.05, 0.1) is 11.6 Å². The number of hydrogen-bond donors (Lipinski definition) is 1. The predicted octanol–water partition coefficient (Wildman–Crippen LogP) is 4.38. The van der Waals surface area contributed by atoms with Crippen LogP contribution in [0.2, 0.25) is 5.02 Å². The molecule has 1 aliphatic rings. The lowest BCUT2D eigenvalue weighted by Crippen LogP contribution is -2.33. The summed E-state index contributed by atoms with van der Waals surface area (Å²) in [5, 5.41) is 3.45.